The van der Waals surface area contributed by atoms with Gasteiger partial charge in [-0.2, -0.15) is 0 Å². The fourth-order valence-corrected chi connectivity index (χ4v) is 1.91. The minimum absolute atomic E-state index is 0.0446. The Hall–Kier alpha value is -1.81. The van der Waals surface area contributed by atoms with Gasteiger partial charge in [-0.1, -0.05) is 18.2 Å². The van der Waals surface area contributed by atoms with E-state index in [9.17, 15) is 4.79 Å². The lowest BCUT2D eigenvalue weighted by Crippen LogP contribution is -2.35. The summed E-state index contributed by atoms with van der Waals surface area (Å²) in [7, 11) is 1.60. The topological polar surface area (TPSA) is 51.5 Å². The molecule has 0 saturated carbocycles. The van der Waals surface area contributed by atoms with E-state index in [1.807, 2.05) is 32.0 Å². The van der Waals surface area contributed by atoms with E-state index in [4.69, 9.17) is 9.15 Å². The second kappa shape index (κ2) is 5.23. The SMILES string of the molecule is COCC(C)NC(=O)c1cc2cccc(C)c2o1. The fourth-order valence-electron chi connectivity index (χ4n) is 1.91. The highest BCUT2D eigenvalue weighted by atomic mass is 16.5. The maximum absolute atomic E-state index is 12.0. The van der Waals surface area contributed by atoms with E-state index in [0.717, 1.165) is 16.5 Å². The van der Waals surface area contributed by atoms with Crippen molar-refractivity contribution in [1.29, 1.82) is 0 Å². The van der Waals surface area contributed by atoms with Gasteiger partial charge in [0.2, 0.25) is 0 Å². The largest absolute Gasteiger partial charge is 0.451 e. The number of benzene rings is 1. The molecule has 1 aromatic carbocycles. The number of nitrogens with one attached hydrogen (secondary N) is 1. The molecule has 0 spiro atoms. The van der Waals surface area contributed by atoms with E-state index in [-0.39, 0.29) is 11.9 Å². The Balaban J connectivity index is 2.21. The lowest BCUT2D eigenvalue weighted by Gasteiger charge is -2.10. The van der Waals surface area contributed by atoms with Crippen LogP contribution in [0.15, 0.2) is 28.7 Å². The van der Waals surface area contributed by atoms with E-state index in [2.05, 4.69) is 5.32 Å². The molecule has 0 bridgehead atoms. The Labute approximate surface area is 106 Å². The molecule has 0 radical (unpaired) electrons. The van der Waals surface area contributed by atoms with Crippen molar-refractivity contribution in [3.63, 3.8) is 0 Å². The lowest BCUT2D eigenvalue weighted by molar-refractivity contribution is 0.0880. The Kier molecular flexibility index (Phi) is 3.67. The van der Waals surface area contributed by atoms with Crippen molar-refractivity contribution in [2.45, 2.75) is 19.9 Å². The van der Waals surface area contributed by atoms with Crippen LogP contribution in [0.4, 0.5) is 0 Å². The third-order valence-electron chi connectivity index (χ3n) is 2.76. The smallest absolute Gasteiger partial charge is 0.287 e. The van der Waals surface area contributed by atoms with Crippen molar-refractivity contribution in [2.75, 3.05) is 13.7 Å². The average molecular weight is 247 g/mol. The van der Waals surface area contributed by atoms with E-state index in [1.54, 1.807) is 13.2 Å². The third kappa shape index (κ3) is 2.54. The first-order chi connectivity index (χ1) is 8.61. The predicted molar refractivity (Wildman–Crippen MR) is 69.8 cm³/mol. The zero-order chi connectivity index (χ0) is 13.1. The Morgan fingerprint density at radius 3 is 2.94 bits per heavy atom. The number of rotatable bonds is 4. The zero-order valence-corrected chi connectivity index (χ0v) is 10.8. The number of aryl methyl sites for hydroxylation is 1. The third-order valence-corrected chi connectivity index (χ3v) is 2.76. The fraction of sp³-hybridized carbons (Fsp3) is 0.357. The van der Waals surface area contributed by atoms with Crippen LogP contribution < -0.4 is 5.32 Å². The molecule has 0 saturated heterocycles. The van der Waals surface area contributed by atoms with Crippen molar-refractivity contribution < 1.29 is 13.9 Å². The van der Waals surface area contributed by atoms with Crippen molar-refractivity contribution in [2.24, 2.45) is 0 Å². The van der Waals surface area contributed by atoms with Crippen LogP contribution in [0, 0.1) is 6.92 Å². The lowest BCUT2D eigenvalue weighted by atomic mass is 10.2. The summed E-state index contributed by atoms with van der Waals surface area (Å²) in [5, 5.41) is 3.76. The summed E-state index contributed by atoms with van der Waals surface area (Å²) in [5.74, 6) is 0.123. The Morgan fingerprint density at radius 2 is 2.28 bits per heavy atom. The highest BCUT2D eigenvalue weighted by molar-refractivity contribution is 5.96. The molecule has 2 aromatic rings. The quantitative estimate of drug-likeness (QED) is 0.903. The van der Waals surface area contributed by atoms with Crippen molar-refractivity contribution in [3.8, 4) is 0 Å². The number of amides is 1. The molecule has 4 heteroatoms. The summed E-state index contributed by atoms with van der Waals surface area (Å²) < 4.78 is 10.6. The average Bonchev–Trinajstić information content (AvgIpc) is 2.74. The summed E-state index contributed by atoms with van der Waals surface area (Å²) >= 11 is 0. The first kappa shape index (κ1) is 12.6. The molecule has 1 amide bonds. The second-order valence-corrected chi connectivity index (χ2v) is 4.43. The van der Waals surface area contributed by atoms with Gasteiger partial charge in [0.1, 0.15) is 5.58 Å². The highest BCUT2D eigenvalue weighted by Gasteiger charge is 2.15. The van der Waals surface area contributed by atoms with Gasteiger partial charge in [0, 0.05) is 18.5 Å². The van der Waals surface area contributed by atoms with Gasteiger partial charge in [-0.15, -0.1) is 0 Å². The maximum Gasteiger partial charge on any atom is 0.287 e. The molecular formula is C14H17NO3. The van der Waals surface area contributed by atoms with Crippen LogP contribution in [0.25, 0.3) is 11.0 Å². The molecule has 0 fully saturated rings. The van der Waals surface area contributed by atoms with Crippen molar-refractivity contribution >= 4 is 16.9 Å². The summed E-state index contributed by atoms with van der Waals surface area (Å²) in [6.45, 7) is 4.32. The van der Waals surface area contributed by atoms with Gasteiger partial charge in [-0.25, -0.2) is 0 Å². The van der Waals surface area contributed by atoms with Gasteiger partial charge in [-0.05, 0) is 25.5 Å². The van der Waals surface area contributed by atoms with Gasteiger partial charge in [0.25, 0.3) is 5.91 Å². The number of carbonyl (C=O) groups excluding carboxylic acids is 1. The van der Waals surface area contributed by atoms with E-state index in [1.165, 1.54) is 0 Å². The molecule has 1 aromatic heterocycles. The Bertz CT molecular complexity index is 559. The standard InChI is InChI=1S/C14H17NO3/c1-9-5-4-6-11-7-12(18-13(9)11)14(16)15-10(2)8-17-3/h4-7,10H,8H2,1-3H3,(H,15,16). The van der Waals surface area contributed by atoms with E-state index < -0.39 is 0 Å². The van der Waals surface area contributed by atoms with Crippen LogP contribution in [0.5, 0.6) is 0 Å². The predicted octanol–water partition coefficient (Wildman–Crippen LogP) is 2.51. The second-order valence-electron chi connectivity index (χ2n) is 4.43. The molecule has 1 N–H and O–H groups in total. The Morgan fingerprint density at radius 1 is 1.50 bits per heavy atom. The van der Waals surface area contributed by atoms with Crippen LogP contribution in [-0.4, -0.2) is 25.7 Å². The van der Waals surface area contributed by atoms with Crippen LogP contribution in [0.1, 0.15) is 23.0 Å². The van der Waals surface area contributed by atoms with Gasteiger partial charge in [0.05, 0.1) is 6.61 Å². The molecule has 0 aliphatic heterocycles. The first-order valence-electron chi connectivity index (χ1n) is 5.90. The molecule has 1 atom stereocenters. The highest BCUT2D eigenvalue weighted by Crippen LogP contribution is 2.22. The van der Waals surface area contributed by atoms with Crippen LogP contribution >= 0.6 is 0 Å². The zero-order valence-electron chi connectivity index (χ0n) is 10.8. The monoisotopic (exact) mass is 247 g/mol. The normalized spacial score (nSPS) is 12.6. The van der Waals surface area contributed by atoms with Crippen LogP contribution in [0.3, 0.4) is 0 Å². The molecule has 0 aliphatic rings. The van der Waals surface area contributed by atoms with Gasteiger partial charge in [-0.3, -0.25) is 4.79 Å². The van der Waals surface area contributed by atoms with Crippen LogP contribution in [0.2, 0.25) is 0 Å². The summed E-state index contributed by atoms with van der Waals surface area (Å²) in [6, 6.07) is 7.55. The number of hydrogen-bond acceptors (Lipinski definition) is 3. The number of ether oxygens (including phenoxy) is 1. The number of carbonyl (C=O) groups is 1. The van der Waals surface area contributed by atoms with Gasteiger partial charge < -0.3 is 14.5 Å². The van der Waals surface area contributed by atoms with Gasteiger partial charge in [0.15, 0.2) is 5.76 Å². The van der Waals surface area contributed by atoms with E-state index in [0.29, 0.717) is 12.4 Å². The first-order valence-corrected chi connectivity index (χ1v) is 5.90. The molecule has 2 rings (SSSR count). The summed E-state index contributed by atoms with van der Waals surface area (Å²) in [4.78, 5) is 12.0. The van der Waals surface area contributed by atoms with Crippen molar-refractivity contribution in [1.82, 2.24) is 5.32 Å². The number of para-hydroxylation sites is 1. The molecule has 18 heavy (non-hydrogen) atoms. The number of hydrogen-bond donors (Lipinski definition) is 1. The van der Waals surface area contributed by atoms with Gasteiger partial charge >= 0.3 is 0 Å². The molecule has 1 unspecified atom stereocenters. The molecular weight excluding hydrogens is 230 g/mol. The number of methoxy groups -OCH3 is 1. The maximum atomic E-state index is 12.0. The minimum atomic E-state index is -0.213. The summed E-state index contributed by atoms with van der Waals surface area (Å²) in [5.41, 5.74) is 1.79. The molecule has 0 aliphatic carbocycles. The van der Waals surface area contributed by atoms with Crippen LogP contribution in [-0.2, 0) is 4.74 Å². The molecule has 4 nitrogen and oxygen atoms in total. The molecule has 1 heterocycles. The number of furan rings is 1. The summed E-state index contributed by atoms with van der Waals surface area (Å²) in [6.07, 6.45) is 0. The van der Waals surface area contributed by atoms with E-state index >= 15 is 0 Å². The van der Waals surface area contributed by atoms with Crippen molar-refractivity contribution in [3.05, 3.63) is 35.6 Å². The molecule has 96 valence electrons. The minimum Gasteiger partial charge on any atom is -0.451 e. The number of fused-ring (bicyclic) bond motifs is 1.